The lowest BCUT2D eigenvalue weighted by Crippen LogP contribution is -2.07. The van der Waals surface area contributed by atoms with Gasteiger partial charge in [0.2, 0.25) is 0 Å². The van der Waals surface area contributed by atoms with Crippen molar-refractivity contribution in [2.24, 2.45) is 0 Å². The van der Waals surface area contributed by atoms with E-state index in [-0.39, 0.29) is 5.56 Å². The summed E-state index contributed by atoms with van der Waals surface area (Å²) in [5, 5.41) is 15.8. The molecule has 0 saturated heterocycles. The highest BCUT2D eigenvalue weighted by atomic mass is 19.1. The minimum absolute atomic E-state index is 0.0668. The van der Waals surface area contributed by atoms with Crippen molar-refractivity contribution in [3.63, 3.8) is 0 Å². The summed E-state index contributed by atoms with van der Waals surface area (Å²) >= 11 is 0. The third-order valence-electron chi connectivity index (χ3n) is 2.54. The fourth-order valence-corrected chi connectivity index (χ4v) is 1.62. The summed E-state index contributed by atoms with van der Waals surface area (Å²) in [4.78, 5) is 0. The van der Waals surface area contributed by atoms with Gasteiger partial charge in [0.05, 0.1) is 5.56 Å². The van der Waals surface area contributed by atoms with Crippen molar-refractivity contribution in [1.29, 1.82) is 5.26 Å². The van der Waals surface area contributed by atoms with Gasteiger partial charge in [-0.05, 0) is 30.7 Å². The summed E-state index contributed by atoms with van der Waals surface area (Å²) in [5.41, 5.74) is 0.754. The van der Waals surface area contributed by atoms with Gasteiger partial charge in [-0.3, -0.25) is 4.68 Å². The van der Waals surface area contributed by atoms with Gasteiger partial charge in [0.1, 0.15) is 11.9 Å². The maximum Gasteiger partial charge on any atom is 0.143 e. The topological polar surface area (TPSA) is 53.6 Å². The van der Waals surface area contributed by atoms with E-state index in [9.17, 15) is 4.39 Å². The molecule has 0 aliphatic heterocycles. The van der Waals surface area contributed by atoms with Gasteiger partial charge in [-0.25, -0.2) is 4.39 Å². The summed E-state index contributed by atoms with van der Waals surface area (Å²) in [7, 11) is 0. The van der Waals surface area contributed by atoms with E-state index < -0.39 is 5.82 Å². The van der Waals surface area contributed by atoms with Gasteiger partial charge in [0, 0.05) is 31.2 Å². The number of benzene rings is 1. The van der Waals surface area contributed by atoms with Gasteiger partial charge in [-0.15, -0.1) is 0 Å². The number of hydrogen-bond donors (Lipinski definition) is 1. The lowest BCUT2D eigenvalue weighted by atomic mass is 10.2. The number of halogens is 1. The highest BCUT2D eigenvalue weighted by Gasteiger charge is 2.01. The van der Waals surface area contributed by atoms with Crippen LogP contribution in [0.3, 0.4) is 0 Å². The monoisotopic (exact) mass is 244 g/mol. The normalized spacial score (nSPS) is 10.0. The Morgan fingerprint density at radius 1 is 1.44 bits per heavy atom. The summed E-state index contributed by atoms with van der Waals surface area (Å²) in [5.74, 6) is -0.491. The molecule has 92 valence electrons. The molecule has 0 bridgehead atoms. The Balaban J connectivity index is 1.80. The number of aryl methyl sites for hydroxylation is 1. The zero-order valence-electron chi connectivity index (χ0n) is 9.81. The van der Waals surface area contributed by atoms with Crippen LogP contribution >= 0.6 is 0 Å². The van der Waals surface area contributed by atoms with Crippen LogP contribution in [0.15, 0.2) is 36.7 Å². The van der Waals surface area contributed by atoms with E-state index in [0.29, 0.717) is 5.69 Å². The molecule has 2 rings (SSSR count). The van der Waals surface area contributed by atoms with Gasteiger partial charge in [0.25, 0.3) is 0 Å². The predicted molar refractivity (Wildman–Crippen MR) is 66.4 cm³/mol. The third-order valence-corrected chi connectivity index (χ3v) is 2.54. The second-order valence-electron chi connectivity index (χ2n) is 3.86. The van der Waals surface area contributed by atoms with Crippen LogP contribution in [0, 0.1) is 17.1 Å². The molecule has 0 radical (unpaired) electrons. The van der Waals surface area contributed by atoms with E-state index in [0.717, 1.165) is 19.5 Å². The number of aromatic nitrogens is 2. The van der Waals surface area contributed by atoms with E-state index >= 15 is 0 Å². The minimum atomic E-state index is -0.491. The van der Waals surface area contributed by atoms with Gasteiger partial charge in [0.15, 0.2) is 0 Å². The van der Waals surface area contributed by atoms with Crippen LogP contribution in [-0.4, -0.2) is 16.3 Å². The second-order valence-corrected chi connectivity index (χ2v) is 3.86. The molecule has 0 unspecified atom stereocenters. The minimum Gasteiger partial charge on any atom is -0.385 e. The number of nitrogens with one attached hydrogen (secondary N) is 1. The van der Waals surface area contributed by atoms with Crippen molar-refractivity contribution in [3.8, 4) is 6.07 Å². The predicted octanol–water partition coefficient (Wildman–Crippen LogP) is 2.40. The van der Waals surface area contributed by atoms with Crippen LogP contribution in [0.25, 0.3) is 0 Å². The summed E-state index contributed by atoms with van der Waals surface area (Å²) < 4.78 is 15.2. The molecule has 0 aliphatic carbocycles. The average Bonchev–Trinajstić information content (AvgIpc) is 2.88. The molecule has 1 N–H and O–H groups in total. The number of nitrogens with zero attached hydrogens (tertiary/aromatic N) is 3. The first-order valence-electron chi connectivity index (χ1n) is 5.70. The van der Waals surface area contributed by atoms with Crippen LogP contribution in [0.4, 0.5) is 10.1 Å². The highest BCUT2D eigenvalue weighted by Crippen LogP contribution is 2.13. The molecular formula is C13H13FN4. The fraction of sp³-hybridized carbons (Fsp3) is 0.231. The average molecular weight is 244 g/mol. The Morgan fingerprint density at radius 3 is 3.00 bits per heavy atom. The van der Waals surface area contributed by atoms with Crippen molar-refractivity contribution >= 4 is 5.69 Å². The molecule has 1 heterocycles. The smallest absolute Gasteiger partial charge is 0.143 e. The van der Waals surface area contributed by atoms with E-state index in [4.69, 9.17) is 5.26 Å². The molecule has 0 spiro atoms. The zero-order valence-corrected chi connectivity index (χ0v) is 9.81. The number of nitriles is 1. The maximum absolute atomic E-state index is 13.3. The largest absolute Gasteiger partial charge is 0.385 e. The molecule has 0 saturated carbocycles. The quantitative estimate of drug-likeness (QED) is 0.822. The molecular weight excluding hydrogens is 231 g/mol. The van der Waals surface area contributed by atoms with Crippen LogP contribution in [0.5, 0.6) is 0 Å². The molecule has 0 fully saturated rings. The van der Waals surface area contributed by atoms with Gasteiger partial charge in [-0.1, -0.05) is 0 Å². The number of rotatable bonds is 5. The molecule has 1 aromatic carbocycles. The molecule has 5 heteroatoms. The van der Waals surface area contributed by atoms with Crippen LogP contribution in [0.2, 0.25) is 0 Å². The second kappa shape index (κ2) is 5.82. The Labute approximate surface area is 105 Å². The SMILES string of the molecule is N#Cc1ccc(NCCCn2cccn2)cc1F. The van der Waals surface area contributed by atoms with Crippen molar-refractivity contribution in [2.45, 2.75) is 13.0 Å². The Kier molecular flexibility index (Phi) is 3.92. The first-order valence-corrected chi connectivity index (χ1v) is 5.70. The number of anilines is 1. The van der Waals surface area contributed by atoms with Crippen LogP contribution in [-0.2, 0) is 6.54 Å². The van der Waals surface area contributed by atoms with E-state index in [2.05, 4.69) is 10.4 Å². The summed E-state index contributed by atoms with van der Waals surface area (Å²) in [6.07, 6.45) is 4.54. The van der Waals surface area contributed by atoms with Crippen LogP contribution in [0.1, 0.15) is 12.0 Å². The number of hydrogen-bond acceptors (Lipinski definition) is 3. The van der Waals surface area contributed by atoms with Gasteiger partial charge < -0.3 is 5.32 Å². The van der Waals surface area contributed by atoms with E-state index in [1.165, 1.54) is 12.1 Å². The first kappa shape index (κ1) is 12.1. The molecule has 1 aromatic heterocycles. The zero-order chi connectivity index (χ0) is 12.8. The molecule has 0 aliphatic rings. The molecule has 2 aromatic rings. The molecule has 4 nitrogen and oxygen atoms in total. The Hall–Kier alpha value is -2.35. The Morgan fingerprint density at radius 2 is 2.33 bits per heavy atom. The fourth-order valence-electron chi connectivity index (χ4n) is 1.62. The van der Waals surface area contributed by atoms with Crippen LogP contribution < -0.4 is 5.32 Å². The maximum atomic E-state index is 13.3. The lowest BCUT2D eigenvalue weighted by molar-refractivity contribution is 0.591. The first-order chi connectivity index (χ1) is 8.79. The standard InChI is InChI=1S/C13H13FN4/c14-13-9-12(4-3-11(13)10-15)16-5-1-7-18-8-2-6-17-18/h2-4,6,8-9,16H,1,5,7H2. The van der Waals surface area contributed by atoms with Gasteiger partial charge >= 0.3 is 0 Å². The van der Waals surface area contributed by atoms with E-state index in [1.54, 1.807) is 18.3 Å². The highest BCUT2D eigenvalue weighted by molar-refractivity contribution is 5.47. The molecule has 18 heavy (non-hydrogen) atoms. The van der Waals surface area contributed by atoms with Crippen molar-refractivity contribution in [1.82, 2.24) is 9.78 Å². The summed E-state index contributed by atoms with van der Waals surface area (Å²) in [6.45, 7) is 1.55. The van der Waals surface area contributed by atoms with Crippen molar-refractivity contribution < 1.29 is 4.39 Å². The van der Waals surface area contributed by atoms with Crippen molar-refractivity contribution in [2.75, 3.05) is 11.9 Å². The lowest BCUT2D eigenvalue weighted by Gasteiger charge is -2.07. The summed E-state index contributed by atoms with van der Waals surface area (Å²) in [6, 6.07) is 8.19. The molecule has 0 amide bonds. The van der Waals surface area contributed by atoms with Crippen molar-refractivity contribution in [3.05, 3.63) is 48.0 Å². The Bertz CT molecular complexity index is 543. The van der Waals surface area contributed by atoms with Gasteiger partial charge in [-0.2, -0.15) is 10.4 Å². The molecule has 0 atom stereocenters. The van der Waals surface area contributed by atoms with E-state index in [1.807, 2.05) is 16.9 Å². The third kappa shape index (κ3) is 3.08.